The third-order valence-corrected chi connectivity index (χ3v) is 6.49. The Balaban J connectivity index is 1.28. The molecule has 3 heterocycles. The van der Waals surface area contributed by atoms with Gasteiger partial charge in [-0.15, -0.1) is 5.10 Å². The fourth-order valence-electron chi connectivity index (χ4n) is 5.18. The van der Waals surface area contributed by atoms with E-state index in [0.29, 0.717) is 31.3 Å². The van der Waals surface area contributed by atoms with Crippen molar-refractivity contribution in [3.05, 3.63) is 12.3 Å². The maximum Gasteiger partial charge on any atom is 0.232 e. The molecule has 2 aliphatic heterocycles. The maximum atomic E-state index is 5.91. The molecule has 4 rings (SSSR count). The standard InChI is InChI=1S/C21H35N3O3/c1-21(2,14-25-3)15-27-20-10-11-23(22-20)16-4-6-17(7-5-16)24-18-8-9-19(24)13-26-12-18/h10-11,16-19H,4-9,12-15H2,1-3H3/t16?,17?,18-,19+. The van der Waals surface area contributed by atoms with Gasteiger partial charge >= 0.3 is 0 Å². The fraction of sp³-hybridized carbons (Fsp3) is 0.857. The summed E-state index contributed by atoms with van der Waals surface area (Å²) in [4.78, 5) is 2.80. The van der Waals surface area contributed by atoms with Crippen LogP contribution in [0.4, 0.5) is 0 Å². The monoisotopic (exact) mass is 377 g/mol. The van der Waals surface area contributed by atoms with Gasteiger partial charge in [-0.2, -0.15) is 0 Å². The van der Waals surface area contributed by atoms with Gasteiger partial charge in [-0.3, -0.25) is 9.58 Å². The summed E-state index contributed by atoms with van der Waals surface area (Å²) in [5, 5.41) is 4.70. The Morgan fingerprint density at radius 2 is 1.63 bits per heavy atom. The average molecular weight is 378 g/mol. The van der Waals surface area contributed by atoms with Crippen LogP contribution in [0, 0.1) is 5.41 Å². The summed E-state index contributed by atoms with van der Waals surface area (Å²) >= 11 is 0. The van der Waals surface area contributed by atoms with Gasteiger partial charge in [0.15, 0.2) is 0 Å². The molecule has 3 aliphatic rings. The van der Waals surface area contributed by atoms with Gasteiger partial charge in [-0.1, -0.05) is 13.8 Å². The lowest BCUT2D eigenvalue weighted by Crippen LogP contribution is -2.52. The van der Waals surface area contributed by atoms with E-state index in [1.165, 1.54) is 38.5 Å². The molecule has 0 N–H and O–H groups in total. The molecule has 1 aromatic rings. The van der Waals surface area contributed by atoms with Gasteiger partial charge in [-0.25, -0.2) is 0 Å². The quantitative estimate of drug-likeness (QED) is 0.730. The van der Waals surface area contributed by atoms with Crippen LogP contribution in [0.1, 0.15) is 58.4 Å². The van der Waals surface area contributed by atoms with E-state index in [1.807, 2.05) is 6.07 Å². The van der Waals surface area contributed by atoms with E-state index in [9.17, 15) is 0 Å². The molecule has 3 fully saturated rings. The van der Waals surface area contributed by atoms with E-state index in [4.69, 9.17) is 19.3 Å². The Morgan fingerprint density at radius 3 is 2.30 bits per heavy atom. The van der Waals surface area contributed by atoms with Crippen LogP contribution in [-0.2, 0) is 9.47 Å². The van der Waals surface area contributed by atoms with Gasteiger partial charge in [0.2, 0.25) is 5.88 Å². The second kappa shape index (κ2) is 8.10. The number of nitrogens with zero attached hydrogens (tertiary/aromatic N) is 3. The molecule has 27 heavy (non-hydrogen) atoms. The molecule has 1 saturated carbocycles. The van der Waals surface area contributed by atoms with Crippen molar-refractivity contribution in [2.24, 2.45) is 5.41 Å². The normalized spacial score (nSPS) is 32.0. The molecule has 0 spiro atoms. The van der Waals surface area contributed by atoms with Crippen molar-refractivity contribution in [1.29, 1.82) is 0 Å². The zero-order valence-electron chi connectivity index (χ0n) is 17.1. The number of hydrogen-bond acceptors (Lipinski definition) is 5. The second-order valence-corrected chi connectivity index (χ2v) is 9.35. The lowest BCUT2D eigenvalue weighted by Gasteiger charge is -2.43. The van der Waals surface area contributed by atoms with Crippen molar-refractivity contribution in [3.63, 3.8) is 0 Å². The Kier molecular flexibility index (Phi) is 5.76. The molecule has 0 radical (unpaired) electrons. The van der Waals surface area contributed by atoms with E-state index in [0.717, 1.165) is 25.1 Å². The number of rotatable bonds is 7. The van der Waals surface area contributed by atoms with Crippen molar-refractivity contribution in [2.75, 3.05) is 33.5 Å². The van der Waals surface area contributed by atoms with Crippen LogP contribution in [0.25, 0.3) is 0 Å². The molecule has 6 heteroatoms. The van der Waals surface area contributed by atoms with E-state index in [-0.39, 0.29) is 5.41 Å². The average Bonchev–Trinajstić information content (AvgIpc) is 3.22. The van der Waals surface area contributed by atoms with Gasteiger partial charge < -0.3 is 14.2 Å². The van der Waals surface area contributed by atoms with Gasteiger partial charge in [-0.05, 0) is 38.5 Å². The number of methoxy groups -OCH3 is 1. The fourth-order valence-corrected chi connectivity index (χ4v) is 5.18. The van der Waals surface area contributed by atoms with Crippen molar-refractivity contribution in [2.45, 2.75) is 76.5 Å². The highest BCUT2D eigenvalue weighted by molar-refractivity contribution is 5.07. The minimum atomic E-state index is -0.00586. The molecule has 152 valence electrons. The van der Waals surface area contributed by atoms with Crippen molar-refractivity contribution >= 4 is 0 Å². The molecule has 1 aliphatic carbocycles. The number of aromatic nitrogens is 2. The van der Waals surface area contributed by atoms with E-state index in [2.05, 4.69) is 29.6 Å². The third kappa shape index (κ3) is 4.33. The zero-order chi connectivity index (χ0) is 18.9. The molecule has 2 bridgehead atoms. The van der Waals surface area contributed by atoms with Crippen molar-refractivity contribution < 1.29 is 14.2 Å². The van der Waals surface area contributed by atoms with Crippen LogP contribution in [0.5, 0.6) is 5.88 Å². The first kappa shape index (κ1) is 19.2. The third-order valence-electron chi connectivity index (χ3n) is 6.49. The lowest BCUT2D eigenvalue weighted by molar-refractivity contribution is -0.0458. The van der Waals surface area contributed by atoms with Crippen LogP contribution in [-0.4, -0.2) is 66.3 Å². The molecule has 0 aromatic carbocycles. The molecule has 2 atom stereocenters. The van der Waals surface area contributed by atoms with Gasteiger partial charge in [0.25, 0.3) is 0 Å². The molecule has 1 aromatic heterocycles. The SMILES string of the molecule is COCC(C)(C)COc1ccn(C2CCC(N3[C@@H]4CC[C@H]3COC4)CC2)n1. The Labute approximate surface area is 163 Å². The predicted molar refractivity (Wildman–Crippen MR) is 104 cm³/mol. The first-order chi connectivity index (χ1) is 13.1. The molecular weight excluding hydrogens is 342 g/mol. The van der Waals surface area contributed by atoms with Gasteiger partial charge in [0.05, 0.1) is 32.5 Å². The van der Waals surface area contributed by atoms with Crippen molar-refractivity contribution in [3.8, 4) is 5.88 Å². The van der Waals surface area contributed by atoms with E-state index < -0.39 is 0 Å². The number of ether oxygens (including phenoxy) is 3. The van der Waals surface area contributed by atoms with Gasteiger partial charge in [0.1, 0.15) is 0 Å². The number of hydrogen-bond donors (Lipinski definition) is 0. The van der Waals surface area contributed by atoms with Crippen molar-refractivity contribution in [1.82, 2.24) is 14.7 Å². The van der Waals surface area contributed by atoms with Crippen LogP contribution < -0.4 is 4.74 Å². The summed E-state index contributed by atoms with van der Waals surface area (Å²) in [6, 6.07) is 4.58. The van der Waals surface area contributed by atoms with Crippen LogP contribution in [0.3, 0.4) is 0 Å². The highest BCUT2D eigenvalue weighted by atomic mass is 16.5. The van der Waals surface area contributed by atoms with E-state index >= 15 is 0 Å². The summed E-state index contributed by atoms with van der Waals surface area (Å²) < 4.78 is 19.1. The largest absolute Gasteiger partial charge is 0.476 e. The topological polar surface area (TPSA) is 48.8 Å². The molecule has 0 unspecified atom stereocenters. The minimum absolute atomic E-state index is 0.00586. The summed E-state index contributed by atoms with van der Waals surface area (Å²) in [6.07, 6.45) is 9.69. The van der Waals surface area contributed by atoms with Gasteiger partial charge in [0, 0.05) is 42.9 Å². The Morgan fingerprint density at radius 1 is 1.00 bits per heavy atom. The Bertz CT molecular complexity index is 594. The number of fused-ring (bicyclic) bond motifs is 2. The molecule has 0 amide bonds. The first-order valence-corrected chi connectivity index (χ1v) is 10.6. The van der Waals surface area contributed by atoms with E-state index in [1.54, 1.807) is 7.11 Å². The molecular formula is C21H35N3O3. The highest BCUT2D eigenvalue weighted by Crippen LogP contribution is 2.38. The lowest BCUT2D eigenvalue weighted by atomic mass is 9.89. The smallest absolute Gasteiger partial charge is 0.232 e. The highest BCUT2D eigenvalue weighted by Gasteiger charge is 2.42. The summed E-state index contributed by atoms with van der Waals surface area (Å²) in [5.41, 5.74) is -0.00586. The summed E-state index contributed by atoms with van der Waals surface area (Å²) in [5.74, 6) is 0.729. The first-order valence-electron chi connectivity index (χ1n) is 10.6. The summed E-state index contributed by atoms with van der Waals surface area (Å²) in [7, 11) is 1.73. The predicted octanol–water partition coefficient (Wildman–Crippen LogP) is 3.28. The second-order valence-electron chi connectivity index (χ2n) is 9.35. The van der Waals surface area contributed by atoms with Crippen LogP contribution >= 0.6 is 0 Å². The molecule has 6 nitrogen and oxygen atoms in total. The summed E-state index contributed by atoms with van der Waals surface area (Å²) in [6.45, 7) is 7.47. The molecule has 2 saturated heterocycles. The maximum absolute atomic E-state index is 5.91. The number of morpholine rings is 1. The zero-order valence-corrected chi connectivity index (χ0v) is 17.1. The van der Waals surface area contributed by atoms with Crippen LogP contribution in [0.15, 0.2) is 12.3 Å². The van der Waals surface area contributed by atoms with Crippen LogP contribution in [0.2, 0.25) is 0 Å². The Hall–Kier alpha value is -1.11. The minimum Gasteiger partial charge on any atom is -0.476 e.